The lowest BCUT2D eigenvalue weighted by atomic mass is 10.0. The molecule has 3 unspecified atom stereocenters. The van der Waals surface area contributed by atoms with E-state index in [1.54, 1.807) is 0 Å². The van der Waals surface area contributed by atoms with Crippen molar-refractivity contribution in [2.45, 2.75) is 47.0 Å². The van der Waals surface area contributed by atoms with E-state index in [-0.39, 0.29) is 0 Å². The first-order chi connectivity index (χ1) is 5.16. The molecule has 1 aliphatic rings. The van der Waals surface area contributed by atoms with Crippen LogP contribution in [0.3, 0.4) is 0 Å². The Hall–Kier alpha value is 0. The first kappa shape index (κ1) is 9.09. The second-order valence-corrected chi connectivity index (χ2v) is 4.47. The van der Waals surface area contributed by atoms with Gasteiger partial charge < -0.3 is 0 Å². The third kappa shape index (κ3) is 2.21. The minimum Gasteiger partial charge on any atom is -0.0651 e. The zero-order chi connectivity index (χ0) is 8.43. The topological polar surface area (TPSA) is 0 Å². The first-order valence-corrected chi connectivity index (χ1v) is 5.16. The van der Waals surface area contributed by atoms with Crippen LogP contribution in [0.4, 0.5) is 0 Å². The summed E-state index contributed by atoms with van der Waals surface area (Å²) >= 11 is 0. The van der Waals surface area contributed by atoms with Gasteiger partial charge in [-0.15, -0.1) is 0 Å². The van der Waals surface area contributed by atoms with Crippen molar-refractivity contribution in [1.82, 2.24) is 0 Å². The molecule has 0 radical (unpaired) electrons. The van der Waals surface area contributed by atoms with Crippen LogP contribution in [0, 0.1) is 23.7 Å². The molecule has 0 aliphatic heterocycles. The predicted octanol–water partition coefficient (Wildman–Crippen LogP) is 3.71. The SMILES string of the molecule is CCC(C)CCC1C(C)C1C. The van der Waals surface area contributed by atoms with Crippen LogP contribution < -0.4 is 0 Å². The van der Waals surface area contributed by atoms with Gasteiger partial charge in [0.2, 0.25) is 0 Å². The van der Waals surface area contributed by atoms with Gasteiger partial charge in [0.25, 0.3) is 0 Å². The number of hydrogen-bond acceptors (Lipinski definition) is 0. The van der Waals surface area contributed by atoms with Gasteiger partial charge in [-0.2, -0.15) is 0 Å². The molecule has 66 valence electrons. The Balaban J connectivity index is 2.05. The summed E-state index contributed by atoms with van der Waals surface area (Å²) < 4.78 is 0. The summed E-state index contributed by atoms with van der Waals surface area (Å²) in [6, 6.07) is 0. The number of hydrogen-bond donors (Lipinski definition) is 0. The highest BCUT2D eigenvalue weighted by molar-refractivity contribution is 4.90. The largest absolute Gasteiger partial charge is 0.0651 e. The van der Waals surface area contributed by atoms with Crippen molar-refractivity contribution in [3.8, 4) is 0 Å². The standard InChI is InChI=1S/C11H22/c1-5-8(2)6-7-11-9(3)10(11)4/h8-11H,5-7H2,1-4H3. The fourth-order valence-corrected chi connectivity index (χ4v) is 1.97. The molecular formula is C11H22. The number of rotatable bonds is 4. The summed E-state index contributed by atoms with van der Waals surface area (Å²) in [5, 5.41) is 0. The zero-order valence-corrected chi connectivity index (χ0v) is 8.43. The van der Waals surface area contributed by atoms with E-state index in [0.717, 1.165) is 23.7 Å². The molecule has 0 saturated heterocycles. The van der Waals surface area contributed by atoms with E-state index >= 15 is 0 Å². The highest BCUT2D eigenvalue weighted by atomic mass is 14.5. The van der Waals surface area contributed by atoms with E-state index in [0.29, 0.717) is 0 Å². The van der Waals surface area contributed by atoms with E-state index < -0.39 is 0 Å². The summed E-state index contributed by atoms with van der Waals surface area (Å²) in [6.45, 7) is 9.46. The third-order valence-corrected chi connectivity index (χ3v) is 3.73. The summed E-state index contributed by atoms with van der Waals surface area (Å²) in [5.41, 5.74) is 0. The van der Waals surface area contributed by atoms with Crippen LogP contribution in [0.25, 0.3) is 0 Å². The maximum absolute atomic E-state index is 2.39. The Morgan fingerprint density at radius 3 is 2.09 bits per heavy atom. The maximum Gasteiger partial charge on any atom is -0.0357 e. The minimum atomic E-state index is 0.954. The zero-order valence-electron chi connectivity index (χ0n) is 8.43. The van der Waals surface area contributed by atoms with E-state index in [2.05, 4.69) is 27.7 Å². The molecule has 0 aromatic heterocycles. The molecule has 3 atom stereocenters. The molecular weight excluding hydrogens is 132 g/mol. The lowest BCUT2D eigenvalue weighted by Crippen LogP contribution is -1.93. The van der Waals surface area contributed by atoms with Crippen LogP contribution in [0.2, 0.25) is 0 Å². The smallest absolute Gasteiger partial charge is 0.0357 e. The van der Waals surface area contributed by atoms with Gasteiger partial charge in [-0.3, -0.25) is 0 Å². The van der Waals surface area contributed by atoms with Crippen molar-refractivity contribution in [1.29, 1.82) is 0 Å². The van der Waals surface area contributed by atoms with Gasteiger partial charge in [0.1, 0.15) is 0 Å². The van der Waals surface area contributed by atoms with Gasteiger partial charge in [-0.1, -0.05) is 40.5 Å². The highest BCUT2D eigenvalue weighted by Gasteiger charge is 2.41. The Morgan fingerprint density at radius 1 is 1.18 bits per heavy atom. The Labute approximate surface area is 71.4 Å². The Bertz CT molecular complexity index is 109. The van der Waals surface area contributed by atoms with E-state index in [4.69, 9.17) is 0 Å². The molecule has 0 N–H and O–H groups in total. The monoisotopic (exact) mass is 154 g/mol. The first-order valence-electron chi connectivity index (χ1n) is 5.16. The van der Waals surface area contributed by atoms with Gasteiger partial charge in [-0.25, -0.2) is 0 Å². The van der Waals surface area contributed by atoms with E-state index in [1.165, 1.54) is 19.3 Å². The van der Waals surface area contributed by atoms with Gasteiger partial charge in [0.05, 0.1) is 0 Å². The van der Waals surface area contributed by atoms with Gasteiger partial charge >= 0.3 is 0 Å². The summed E-state index contributed by atoms with van der Waals surface area (Å²) in [7, 11) is 0. The highest BCUT2D eigenvalue weighted by Crippen LogP contribution is 2.48. The summed E-state index contributed by atoms with van der Waals surface area (Å²) in [4.78, 5) is 0. The fraction of sp³-hybridized carbons (Fsp3) is 1.00. The van der Waals surface area contributed by atoms with Crippen LogP contribution in [0.15, 0.2) is 0 Å². The molecule has 1 fully saturated rings. The van der Waals surface area contributed by atoms with Crippen molar-refractivity contribution in [3.63, 3.8) is 0 Å². The normalized spacial score (nSPS) is 38.7. The van der Waals surface area contributed by atoms with Gasteiger partial charge in [0, 0.05) is 0 Å². The molecule has 0 nitrogen and oxygen atoms in total. The van der Waals surface area contributed by atoms with Crippen LogP contribution in [-0.4, -0.2) is 0 Å². The van der Waals surface area contributed by atoms with E-state index in [9.17, 15) is 0 Å². The molecule has 0 spiro atoms. The van der Waals surface area contributed by atoms with Crippen LogP contribution in [0.1, 0.15) is 47.0 Å². The van der Waals surface area contributed by atoms with Gasteiger partial charge in [0.15, 0.2) is 0 Å². The molecule has 0 aromatic rings. The second kappa shape index (κ2) is 3.60. The molecule has 0 heterocycles. The average Bonchev–Trinajstić information content (AvgIpc) is 2.56. The lowest BCUT2D eigenvalue weighted by Gasteiger charge is -2.06. The van der Waals surface area contributed by atoms with Gasteiger partial charge in [-0.05, 0) is 30.1 Å². The predicted molar refractivity (Wildman–Crippen MR) is 50.5 cm³/mol. The van der Waals surface area contributed by atoms with Crippen LogP contribution in [-0.2, 0) is 0 Å². The quantitative estimate of drug-likeness (QED) is 0.579. The van der Waals surface area contributed by atoms with Crippen molar-refractivity contribution in [3.05, 3.63) is 0 Å². The Morgan fingerprint density at radius 2 is 1.73 bits per heavy atom. The van der Waals surface area contributed by atoms with Crippen LogP contribution >= 0.6 is 0 Å². The van der Waals surface area contributed by atoms with Crippen molar-refractivity contribution < 1.29 is 0 Å². The van der Waals surface area contributed by atoms with Crippen LogP contribution in [0.5, 0.6) is 0 Å². The molecule has 0 aromatic carbocycles. The minimum absolute atomic E-state index is 0.954. The van der Waals surface area contributed by atoms with Crippen molar-refractivity contribution >= 4 is 0 Å². The Kier molecular flexibility index (Phi) is 2.98. The third-order valence-electron chi connectivity index (χ3n) is 3.73. The second-order valence-electron chi connectivity index (χ2n) is 4.47. The lowest BCUT2D eigenvalue weighted by molar-refractivity contribution is 0.463. The molecule has 1 aliphatic carbocycles. The van der Waals surface area contributed by atoms with Crippen molar-refractivity contribution in [2.24, 2.45) is 23.7 Å². The van der Waals surface area contributed by atoms with Crippen molar-refractivity contribution in [2.75, 3.05) is 0 Å². The molecule has 1 saturated carbocycles. The molecule has 0 heteroatoms. The molecule has 0 bridgehead atoms. The average molecular weight is 154 g/mol. The van der Waals surface area contributed by atoms with E-state index in [1.807, 2.05) is 0 Å². The summed E-state index contributed by atoms with van der Waals surface area (Å²) in [5.74, 6) is 4.08. The molecule has 1 rings (SSSR count). The maximum atomic E-state index is 2.39. The summed E-state index contributed by atoms with van der Waals surface area (Å²) in [6.07, 6.45) is 4.29. The molecule has 11 heavy (non-hydrogen) atoms. The fourth-order valence-electron chi connectivity index (χ4n) is 1.97. The molecule has 0 amide bonds.